The second-order valence-corrected chi connectivity index (χ2v) is 5.53. The summed E-state index contributed by atoms with van der Waals surface area (Å²) in [5.74, 6) is 0.725. The van der Waals surface area contributed by atoms with E-state index in [1.165, 1.54) is 11.8 Å². The topological polar surface area (TPSA) is 81.9 Å². The monoisotopic (exact) mass is 307 g/mol. The molecular weight excluding hydrogens is 290 g/mol. The van der Waals surface area contributed by atoms with Crippen LogP contribution in [0.4, 0.5) is 0 Å². The molecule has 0 spiro atoms. The molecule has 2 aromatic rings. The van der Waals surface area contributed by atoms with Gasteiger partial charge in [0.25, 0.3) is 0 Å². The van der Waals surface area contributed by atoms with E-state index in [0.29, 0.717) is 11.7 Å². The van der Waals surface area contributed by atoms with Crippen LogP contribution in [0.15, 0.2) is 29.4 Å². The maximum absolute atomic E-state index is 11.8. The van der Waals surface area contributed by atoms with Crippen molar-refractivity contribution in [3.63, 3.8) is 0 Å². The molecule has 21 heavy (non-hydrogen) atoms. The lowest BCUT2D eigenvalue weighted by Crippen LogP contribution is -2.30. The fourth-order valence-corrected chi connectivity index (χ4v) is 2.50. The molecule has 0 unspecified atom stereocenters. The summed E-state index contributed by atoms with van der Waals surface area (Å²) < 4.78 is 6.72. The quantitative estimate of drug-likeness (QED) is 0.810. The number of methoxy groups -OCH3 is 1. The molecule has 8 heteroatoms. The van der Waals surface area contributed by atoms with Crippen molar-refractivity contribution in [1.82, 2.24) is 25.5 Å². The van der Waals surface area contributed by atoms with Gasteiger partial charge in [-0.2, -0.15) is 4.68 Å². The van der Waals surface area contributed by atoms with Crippen LogP contribution in [0.25, 0.3) is 5.69 Å². The van der Waals surface area contributed by atoms with Crippen LogP contribution in [-0.4, -0.2) is 45.0 Å². The van der Waals surface area contributed by atoms with E-state index in [0.717, 1.165) is 11.4 Å². The first-order valence-corrected chi connectivity index (χ1v) is 7.40. The number of carbonyl (C=O) groups excluding carboxylic acids is 1. The van der Waals surface area contributed by atoms with Crippen molar-refractivity contribution in [2.45, 2.75) is 24.3 Å². The zero-order valence-electron chi connectivity index (χ0n) is 12.1. The first kappa shape index (κ1) is 15.3. The lowest BCUT2D eigenvalue weighted by Gasteiger charge is -2.10. The number of hydrogen-bond acceptors (Lipinski definition) is 6. The number of thioether (sulfide) groups is 1. The van der Waals surface area contributed by atoms with E-state index in [2.05, 4.69) is 20.8 Å². The third-order valence-electron chi connectivity index (χ3n) is 2.76. The maximum atomic E-state index is 11.8. The number of rotatable bonds is 6. The molecule has 1 atom stereocenters. The number of nitrogens with one attached hydrogen (secondary N) is 1. The summed E-state index contributed by atoms with van der Waals surface area (Å²) >= 11 is 1.31. The molecule has 1 amide bonds. The molecule has 0 bridgehead atoms. The number of benzene rings is 1. The normalized spacial score (nSPS) is 12.0. The fraction of sp³-hybridized carbons (Fsp3) is 0.385. The van der Waals surface area contributed by atoms with Crippen molar-refractivity contribution >= 4 is 17.7 Å². The lowest BCUT2D eigenvalue weighted by molar-refractivity contribution is -0.120. The van der Waals surface area contributed by atoms with Crippen LogP contribution in [-0.2, 0) is 4.79 Å². The van der Waals surface area contributed by atoms with E-state index >= 15 is 0 Å². The average molecular weight is 307 g/mol. The van der Waals surface area contributed by atoms with Crippen LogP contribution < -0.4 is 10.1 Å². The second kappa shape index (κ2) is 7.07. The zero-order valence-corrected chi connectivity index (χ0v) is 12.9. The summed E-state index contributed by atoms with van der Waals surface area (Å²) in [6.07, 6.45) is 0. The molecule has 112 valence electrons. The Morgan fingerprint density at radius 2 is 2.14 bits per heavy atom. The van der Waals surface area contributed by atoms with Crippen LogP contribution in [0.3, 0.4) is 0 Å². The lowest BCUT2D eigenvalue weighted by atomic mass is 10.3. The molecule has 0 aliphatic carbocycles. The van der Waals surface area contributed by atoms with E-state index in [9.17, 15) is 4.79 Å². The fourth-order valence-electron chi connectivity index (χ4n) is 1.67. The molecule has 0 saturated carbocycles. The molecular formula is C13H17N5O2S. The van der Waals surface area contributed by atoms with E-state index in [4.69, 9.17) is 4.74 Å². The SMILES string of the molecule is CCNC(=O)[C@H](C)Sc1nnnn1-c1ccc(OC)cc1. The van der Waals surface area contributed by atoms with Crippen LogP contribution in [0.1, 0.15) is 13.8 Å². The van der Waals surface area contributed by atoms with E-state index < -0.39 is 0 Å². The number of carbonyl (C=O) groups is 1. The Kier molecular flexibility index (Phi) is 5.15. The van der Waals surface area contributed by atoms with E-state index in [-0.39, 0.29) is 11.2 Å². The largest absolute Gasteiger partial charge is 0.497 e. The van der Waals surface area contributed by atoms with Gasteiger partial charge >= 0.3 is 0 Å². The molecule has 7 nitrogen and oxygen atoms in total. The number of nitrogens with zero attached hydrogens (tertiary/aromatic N) is 4. The highest BCUT2D eigenvalue weighted by Gasteiger charge is 2.18. The predicted octanol–water partition coefficient (Wildman–Crippen LogP) is 1.29. The van der Waals surface area contributed by atoms with Gasteiger partial charge in [0.2, 0.25) is 11.1 Å². The van der Waals surface area contributed by atoms with Gasteiger partial charge in [-0.1, -0.05) is 11.8 Å². The van der Waals surface area contributed by atoms with Crippen molar-refractivity contribution in [1.29, 1.82) is 0 Å². The van der Waals surface area contributed by atoms with Gasteiger partial charge in [0.05, 0.1) is 18.0 Å². The molecule has 0 fully saturated rings. The zero-order chi connectivity index (χ0) is 15.2. The molecule has 2 rings (SSSR count). The van der Waals surface area contributed by atoms with Gasteiger partial charge in [-0.15, -0.1) is 5.10 Å². The van der Waals surface area contributed by atoms with Crippen molar-refractivity contribution in [3.8, 4) is 11.4 Å². The Balaban J connectivity index is 2.16. The van der Waals surface area contributed by atoms with Gasteiger partial charge in [-0.25, -0.2) is 0 Å². The molecule has 1 aromatic carbocycles. The highest BCUT2D eigenvalue weighted by Crippen LogP contribution is 2.23. The summed E-state index contributed by atoms with van der Waals surface area (Å²) in [6, 6.07) is 7.38. The van der Waals surface area contributed by atoms with Gasteiger partial charge in [0.15, 0.2) is 0 Å². The third-order valence-corrected chi connectivity index (χ3v) is 3.79. The number of ether oxygens (including phenoxy) is 1. The summed E-state index contributed by atoms with van der Waals surface area (Å²) in [5.41, 5.74) is 0.811. The number of tetrazole rings is 1. The molecule has 0 radical (unpaired) electrons. The first-order chi connectivity index (χ1) is 10.2. The molecule has 1 N–H and O–H groups in total. The molecule has 1 aromatic heterocycles. The van der Waals surface area contributed by atoms with E-state index in [1.807, 2.05) is 38.1 Å². The minimum Gasteiger partial charge on any atom is -0.497 e. The average Bonchev–Trinajstić information content (AvgIpc) is 2.95. The van der Waals surface area contributed by atoms with Crippen molar-refractivity contribution in [2.75, 3.05) is 13.7 Å². The van der Waals surface area contributed by atoms with Crippen LogP contribution >= 0.6 is 11.8 Å². The van der Waals surface area contributed by atoms with Crippen LogP contribution in [0.2, 0.25) is 0 Å². The molecule has 0 saturated heterocycles. The summed E-state index contributed by atoms with van der Waals surface area (Å²) in [6.45, 7) is 4.31. The van der Waals surface area contributed by atoms with Crippen LogP contribution in [0, 0.1) is 0 Å². The Hall–Kier alpha value is -2.09. The standard InChI is InChI=1S/C13H17N5O2S/c1-4-14-12(19)9(2)21-13-15-16-17-18(13)10-5-7-11(20-3)8-6-10/h5-9H,4H2,1-3H3,(H,14,19)/t9-/m0/s1. The van der Waals surface area contributed by atoms with Crippen molar-refractivity contribution < 1.29 is 9.53 Å². The minimum absolute atomic E-state index is 0.0354. The third kappa shape index (κ3) is 3.72. The summed E-state index contributed by atoms with van der Waals surface area (Å²) in [5, 5.41) is 14.7. The predicted molar refractivity (Wildman–Crippen MR) is 79.7 cm³/mol. The van der Waals surface area contributed by atoms with Crippen molar-refractivity contribution in [3.05, 3.63) is 24.3 Å². The minimum atomic E-state index is -0.270. The molecule has 0 aliphatic rings. The summed E-state index contributed by atoms with van der Waals surface area (Å²) in [7, 11) is 1.61. The van der Waals surface area contributed by atoms with Gasteiger partial charge < -0.3 is 10.1 Å². The number of aromatic nitrogens is 4. The molecule has 0 aliphatic heterocycles. The van der Waals surface area contributed by atoms with Gasteiger partial charge in [-0.3, -0.25) is 4.79 Å². The highest BCUT2D eigenvalue weighted by molar-refractivity contribution is 8.00. The summed E-state index contributed by atoms with van der Waals surface area (Å²) in [4.78, 5) is 11.8. The number of amides is 1. The van der Waals surface area contributed by atoms with Gasteiger partial charge in [0.1, 0.15) is 5.75 Å². The molecule has 1 heterocycles. The Morgan fingerprint density at radius 1 is 1.43 bits per heavy atom. The van der Waals surface area contributed by atoms with Crippen LogP contribution in [0.5, 0.6) is 5.75 Å². The Labute approximate surface area is 127 Å². The number of hydrogen-bond donors (Lipinski definition) is 1. The first-order valence-electron chi connectivity index (χ1n) is 6.53. The Morgan fingerprint density at radius 3 is 2.76 bits per heavy atom. The smallest absolute Gasteiger partial charge is 0.233 e. The van der Waals surface area contributed by atoms with E-state index in [1.54, 1.807) is 11.8 Å². The van der Waals surface area contributed by atoms with Gasteiger partial charge in [0, 0.05) is 6.54 Å². The highest BCUT2D eigenvalue weighted by atomic mass is 32.2. The Bertz CT molecular complexity index is 599. The van der Waals surface area contributed by atoms with Gasteiger partial charge in [-0.05, 0) is 48.5 Å². The van der Waals surface area contributed by atoms with Crippen molar-refractivity contribution in [2.24, 2.45) is 0 Å². The maximum Gasteiger partial charge on any atom is 0.233 e. The second-order valence-electron chi connectivity index (χ2n) is 4.23.